The summed E-state index contributed by atoms with van der Waals surface area (Å²) < 4.78 is 16.6. The summed E-state index contributed by atoms with van der Waals surface area (Å²) in [5, 5.41) is 6.85. The minimum Gasteiger partial charge on any atom is -0.489 e. The van der Waals surface area contributed by atoms with E-state index in [4.69, 9.17) is 25.8 Å². The molecule has 25 heavy (non-hydrogen) atoms. The van der Waals surface area contributed by atoms with Gasteiger partial charge in [0.1, 0.15) is 5.60 Å². The van der Waals surface area contributed by atoms with Gasteiger partial charge in [-0.05, 0) is 44.9 Å². The minimum atomic E-state index is -0.484. The first-order valence-electron chi connectivity index (χ1n) is 8.63. The number of carbonyl (C=O) groups is 1. The number of halogens is 1. The lowest BCUT2D eigenvalue weighted by molar-refractivity contribution is 0.0522. The van der Waals surface area contributed by atoms with Gasteiger partial charge in [-0.15, -0.1) is 0 Å². The Morgan fingerprint density at radius 2 is 2.04 bits per heavy atom. The Balaban J connectivity index is 1.49. The Bertz CT molecular complexity index is 645. The first kappa shape index (κ1) is 18.1. The van der Waals surface area contributed by atoms with Crippen LogP contribution in [-0.2, 0) is 11.3 Å². The summed E-state index contributed by atoms with van der Waals surface area (Å²) in [5.74, 6) is 1.32. The molecule has 0 aromatic heterocycles. The lowest BCUT2D eigenvalue weighted by Gasteiger charge is -2.19. The zero-order chi connectivity index (χ0) is 18.0. The van der Waals surface area contributed by atoms with Crippen molar-refractivity contribution in [1.82, 2.24) is 10.6 Å². The summed E-state index contributed by atoms with van der Waals surface area (Å²) in [6.07, 6.45) is 1.36. The second-order valence-corrected chi connectivity index (χ2v) is 7.84. The second-order valence-electron chi connectivity index (χ2n) is 7.43. The number of hydrogen-bond acceptors (Lipinski definition) is 5. The molecule has 2 aliphatic rings. The Kier molecular flexibility index (Phi) is 5.29. The van der Waals surface area contributed by atoms with Crippen LogP contribution in [0.3, 0.4) is 0 Å². The fraction of sp³-hybridized carbons (Fsp3) is 0.611. The Morgan fingerprint density at radius 3 is 2.80 bits per heavy atom. The predicted molar refractivity (Wildman–Crippen MR) is 95.5 cm³/mol. The highest BCUT2D eigenvalue weighted by molar-refractivity contribution is 6.32. The molecule has 1 aliphatic heterocycles. The molecule has 0 spiro atoms. The van der Waals surface area contributed by atoms with Crippen molar-refractivity contribution in [2.75, 3.05) is 13.2 Å². The minimum absolute atomic E-state index is 0.103. The first-order valence-corrected chi connectivity index (χ1v) is 9.00. The van der Waals surface area contributed by atoms with Gasteiger partial charge in [-0.2, -0.15) is 0 Å². The van der Waals surface area contributed by atoms with Gasteiger partial charge < -0.3 is 24.8 Å². The summed E-state index contributed by atoms with van der Waals surface area (Å²) in [6.45, 7) is 7.44. The van der Waals surface area contributed by atoms with Crippen molar-refractivity contribution in [2.45, 2.75) is 57.8 Å². The van der Waals surface area contributed by atoms with Gasteiger partial charge in [0.15, 0.2) is 11.5 Å². The molecule has 1 aliphatic carbocycles. The topological polar surface area (TPSA) is 68.8 Å². The van der Waals surface area contributed by atoms with Gasteiger partial charge in [-0.1, -0.05) is 11.6 Å². The highest BCUT2D eigenvalue weighted by atomic mass is 35.5. The van der Waals surface area contributed by atoms with Crippen molar-refractivity contribution in [1.29, 1.82) is 0 Å². The average Bonchev–Trinajstić information content (AvgIpc) is 3.25. The summed E-state index contributed by atoms with van der Waals surface area (Å²) in [7, 11) is 0. The van der Waals surface area contributed by atoms with Crippen LogP contribution >= 0.6 is 11.6 Å². The molecular weight excluding hydrogens is 344 g/mol. The molecule has 0 radical (unpaired) electrons. The van der Waals surface area contributed by atoms with Crippen molar-refractivity contribution >= 4 is 17.7 Å². The van der Waals surface area contributed by atoms with Crippen molar-refractivity contribution in [2.24, 2.45) is 0 Å². The van der Waals surface area contributed by atoms with Crippen LogP contribution < -0.4 is 20.1 Å². The Hall–Kier alpha value is -1.66. The molecule has 138 valence electrons. The van der Waals surface area contributed by atoms with Gasteiger partial charge in [-0.3, -0.25) is 0 Å². The van der Waals surface area contributed by atoms with Crippen LogP contribution in [0.25, 0.3) is 0 Å². The number of amides is 1. The maximum absolute atomic E-state index is 11.8. The van der Waals surface area contributed by atoms with Crippen LogP contribution in [0.15, 0.2) is 12.1 Å². The number of fused-ring (bicyclic) bond motifs is 1. The third-order valence-electron chi connectivity index (χ3n) is 3.92. The lowest BCUT2D eigenvalue weighted by Crippen LogP contribution is -2.36. The fourth-order valence-electron chi connectivity index (χ4n) is 2.67. The molecular formula is C18H25ClN2O4. The summed E-state index contributed by atoms with van der Waals surface area (Å²) >= 11 is 6.30. The van der Waals surface area contributed by atoms with E-state index in [1.807, 2.05) is 32.9 Å². The van der Waals surface area contributed by atoms with Crippen LogP contribution in [-0.4, -0.2) is 37.0 Å². The quantitative estimate of drug-likeness (QED) is 0.853. The molecule has 7 heteroatoms. The summed E-state index contributed by atoms with van der Waals surface area (Å²) in [4.78, 5) is 11.8. The largest absolute Gasteiger partial charge is 0.489 e. The molecule has 0 saturated heterocycles. The van der Waals surface area contributed by atoms with E-state index in [1.165, 1.54) is 0 Å². The van der Waals surface area contributed by atoms with Crippen LogP contribution in [0.1, 0.15) is 39.2 Å². The van der Waals surface area contributed by atoms with Gasteiger partial charge in [0.05, 0.1) is 18.2 Å². The van der Waals surface area contributed by atoms with E-state index in [0.717, 1.165) is 18.4 Å². The monoisotopic (exact) mass is 368 g/mol. The molecule has 2 unspecified atom stereocenters. The van der Waals surface area contributed by atoms with Crippen LogP contribution in [0.4, 0.5) is 4.79 Å². The lowest BCUT2D eigenvalue weighted by atomic mass is 10.2. The van der Waals surface area contributed by atoms with Crippen LogP contribution in [0, 0.1) is 0 Å². The van der Waals surface area contributed by atoms with E-state index >= 15 is 0 Å². The first-order chi connectivity index (χ1) is 11.8. The molecule has 6 nitrogen and oxygen atoms in total. The summed E-state index contributed by atoms with van der Waals surface area (Å²) in [6, 6.07) is 4.19. The van der Waals surface area contributed by atoms with E-state index in [0.29, 0.717) is 36.3 Å². The molecule has 1 fully saturated rings. The number of alkyl carbamates (subject to hydrolysis) is 1. The zero-order valence-electron chi connectivity index (χ0n) is 14.9. The molecule has 3 rings (SSSR count). The number of benzene rings is 1. The SMILES string of the molecule is CC(C)(C)OC(=O)NC1CC1NCc1cc(Cl)c2c(c1)OCCCO2. The smallest absolute Gasteiger partial charge is 0.407 e. The van der Waals surface area contributed by atoms with Gasteiger partial charge >= 0.3 is 6.09 Å². The number of nitrogens with one attached hydrogen (secondary N) is 2. The maximum Gasteiger partial charge on any atom is 0.407 e. The Morgan fingerprint density at radius 1 is 1.28 bits per heavy atom. The van der Waals surface area contributed by atoms with Gasteiger partial charge in [-0.25, -0.2) is 4.79 Å². The summed E-state index contributed by atoms with van der Waals surface area (Å²) in [5.41, 5.74) is 0.542. The fourth-order valence-corrected chi connectivity index (χ4v) is 2.96. The number of ether oxygens (including phenoxy) is 3. The molecule has 2 atom stereocenters. The normalized spacial score (nSPS) is 22.1. The van der Waals surface area contributed by atoms with E-state index < -0.39 is 5.60 Å². The van der Waals surface area contributed by atoms with Crippen LogP contribution in [0.2, 0.25) is 5.02 Å². The number of hydrogen-bond donors (Lipinski definition) is 2. The zero-order valence-corrected chi connectivity index (χ0v) is 15.6. The van der Waals surface area contributed by atoms with E-state index in [-0.39, 0.29) is 18.2 Å². The van der Waals surface area contributed by atoms with Gasteiger partial charge in [0.25, 0.3) is 0 Å². The van der Waals surface area contributed by atoms with Gasteiger partial charge in [0.2, 0.25) is 0 Å². The third-order valence-corrected chi connectivity index (χ3v) is 4.20. The highest BCUT2D eigenvalue weighted by Gasteiger charge is 2.38. The van der Waals surface area contributed by atoms with Gasteiger partial charge in [0, 0.05) is 25.0 Å². The van der Waals surface area contributed by atoms with Crippen molar-refractivity contribution in [3.05, 3.63) is 22.7 Å². The van der Waals surface area contributed by atoms with Crippen molar-refractivity contribution in [3.8, 4) is 11.5 Å². The average molecular weight is 369 g/mol. The third kappa shape index (κ3) is 5.16. The molecule has 0 bridgehead atoms. The van der Waals surface area contributed by atoms with E-state index in [9.17, 15) is 4.79 Å². The second kappa shape index (κ2) is 7.30. The highest BCUT2D eigenvalue weighted by Crippen LogP contribution is 2.38. The molecule has 1 aromatic rings. The number of rotatable bonds is 4. The van der Waals surface area contributed by atoms with Crippen molar-refractivity contribution in [3.63, 3.8) is 0 Å². The number of carbonyl (C=O) groups excluding carboxylic acids is 1. The molecule has 1 heterocycles. The van der Waals surface area contributed by atoms with E-state index in [1.54, 1.807) is 0 Å². The maximum atomic E-state index is 11.8. The van der Waals surface area contributed by atoms with Crippen molar-refractivity contribution < 1.29 is 19.0 Å². The predicted octanol–water partition coefficient (Wildman–Crippen LogP) is 3.26. The van der Waals surface area contributed by atoms with E-state index in [2.05, 4.69) is 10.6 Å². The molecule has 2 N–H and O–H groups in total. The molecule has 1 amide bonds. The Labute approximate surface area is 153 Å². The molecule has 1 saturated carbocycles. The molecule has 1 aromatic carbocycles. The van der Waals surface area contributed by atoms with Crippen LogP contribution in [0.5, 0.6) is 11.5 Å². The standard InChI is InChI=1S/C18H25ClN2O4/c1-18(2,3)25-17(22)21-14-9-13(14)20-10-11-7-12(19)16-15(8-11)23-5-4-6-24-16/h7-8,13-14,20H,4-6,9-10H2,1-3H3,(H,21,22).